The number of amides is 1. The first-order valence-corrected chi connectivity index (χ1v) is 9.00. The fourth-order valence-electron chi connectivity index (χ4n) is 3.56. The lowest BCUT2D eigenvalue weighted by Crippen LogP contribution is -2.37. The number of hydrogen-bond donors (Lipinski definition) is 1. The van der Waals surface area contributed by atoms with Gasteiger partial charge in [-0.1, -0.05) is 24.3 Å². The number of pyridine rings is 1. The van der Waals surface area contributed by atoms with Gasteiger partial charge in [0.1, 0.15) is 5.82 Å². The van der Waals surface area contributed by atoms with Crippen molar-refractivity contribution in [2.75, 3.05) is 18.0 Å². The van der Waals surface area contributed by atoms with Gasteiger partial charge in [0.2, 0.25) is 0 Å². The Bertz CT molecular complexity index is 928. The lowest BCUT2D eigenvalue weighted by Gasteiger charge is -2.31. The second-order valence-electron chi connectivity index (χ2n) is 6.59. The van der Waals surface area contributed by atoms with E-state index in [9.17, 15) is 9.18 Å². The molecule has 0 aliphatic carbocycles. The van der Waals surface area contributed by atoms with Crippen LogP contribution in [0.2, 0.25) is 0 Å². The molecule has 4 nitrogen and oxygen atoms in total. The van der Waals surface area contributed by atoms with Crippen molar-refractivity contribution in [3.05, 3.63) is 95.6 Å². The average Bonchev–Trinajstić information content (AvgIpc) is 3.13. The summed E-state index contributed by atoms with van der Waals surface area (Å²) in [5.41, 5.74) is 4.01. The van der Waals surface area contributed by atoms with E-state index < -0.39 is 0 Å². The van der Waals surface area contributed by atoms with Gasteiger partial charge in [-0.05, 0) is 53.9 Å². The maximum Gasteiger partial charge on any atom is 0.251 e. The van der Waals surface area contributed by atoms with Crippen molar-refractivity contribution in [2.24, 2.45) is 0 Å². The number of carbonyl (C=O) groups is 1. The number of halogens is 1. The molecule has 0 saturated heterocycles. The zero-order valence-electron chi connectivity index (χ0n) is 14.8. The summed E-state index contributed by atoms with van der Waals surface area (Å²) in [4.78, 5) is 19.0. The maximum absolute atomic E-state index is 13.1. The molecule has 1 N–H and O–H groups in total. The van der Waals surface area contributed by atoms with Crippen LogP contribution in [0.25, 0.3) is 0 Å². The lowest BCUT2D eigenvalue weighted by atomic mass is 10.1. The fourth-order valence-corrected chi connectivity index (χ4v) is 3.56. The molecule has 1 atom stereocenters. The average molecular weight is 361 g/mol. The summed E-state index contributed by atoms with van der Waals surface area (Å²) in [6.45, 7) is 1.33. The fraction of sp³-hybridized carbons (Fsp3) is 0.182. The highest BCUT2D eigenvalue weighted by Gasteiger charge is 2.27. The lowest BCUT2D eigenvalue weighted by molar-refractivity contribution is 0.0951. The van der Waals surface area contributed by atoms with Crippen LogP contribution >= 0.6 is 0 Å². The Morgan fingerprint density at radius 2 is 1.93 bits per heavy atom. The molecule has 27 heavy (non-hydrogen) atoms. The monoisotopic (exact) mass is 361 g/mol. The third kappa shape index (κ3) is 3.67. The molecule has 2 heterocycles. The molecule has 1 aliphatic rings. The van der Waals surface area contributed by atoms with Crippen LogP contribution in [0.15, 0.2) is 73.1 Å². The van der Waals surface area contributed by atoms with Crippen LogP contribution in [0.1, 0.15) is 27.5 Å². The van der Waals surface area contributed by atoms with Crippen LogP contribution in [0.5, 0.6) is 0 Å². The molecule has 1 aliphatic heterocycles. The Balaban J connectivity index is 1.56. The molecule has 1 aromatic heterocycles. The van der Waals surface area contributed by atoms with Gasteiger partial charge in [0.05, 0.1) is 6.04 Å². The van der Waals surface area contributed by atoms with Crippen molar-refractivity contribution in [3.8, 4) is 0 Å². The van der Waals surface area contributed by atoms with Gasteiger partial charge in [-0.2, -0.15) is 0 Å². The molecule has 0 fully saturated rings. The number of aromatic nitrogens is 1. The van der Waals surface area contributed by atoms with Gasteiger partial charge in [-0.3, -0.25) is 9.78 Å². The van der Waals surface area contributed by atoms with E-state index in [2.05, 4.69) is 33.4 Å². The van der Waals surface area contributed by atoms with Crippen molar-refractivity contribution in [3.63, 3.8) is 0 Å². The van der Waals surface area contributed by atoms with Crippen molar-refractivity contribution >= 4 is 11.6 Å². The summed E-state index contributed by atoms with van der Waals surface area (Å²) in [7, 11) is 0. The number of para-hydroxylation sites is 1. The number of fused-ring (bicyclic) bond motifs is 1. The number of benzene rings is 2. The first-order valence-electron chi connectivity index (χ1n) is 9.00. The Labute approximate surface area is 157 Å². The number of carbonyl (C=O) groups excluding carboxylic acids is 1. The van der Waals surface area contributed by atoms with E-state index >= 15 is 0 Å². The largest absolute Gasteiger partial charge is 0.362 e. The summed E-state index contributed by atoms with van der Waals surface area (Å²) in [5, 5.41) is 2.99. The van der Waals surface area contributed by atoms with Gasteiger partial charge in [0.15, 0.2) is 0 Å². The summed E-state index contributed by atoms with van der Waals surface area (Å²) in [5.74, 6) is -0.565. The van der Waals surface area contributed by atoms with Gasteiger partial charge in [0, 0.05) is 36.7 Å². The summed E-state index contributed by atoms with van der Waals surface area (Å²) >= 11 is 0. The van der Waals surface area contributed by atoms with Crippen LogP contribution in [0.4, 0.5) is 10.1 Å². The number of anilines is 1. The minimum Gasteiger partial charge on any atom is -0.362 e. The van der Waals surface area contributed by atoms with E-state index in [0.717, 1.165) is 18.5 Å². The van der Waals surface area contributed by atoms with Crippen LogP contribution in [0.3, 0.4) is 0 Å². The SMILES string of the molecule is O=C(NC[C@@H](c1cccnc1)N1CCc2ccccc21)c1ccc(F)cc1. The standard InChI is InChI=1S/C22H20FN3O/c23-19-9-7-17(8-10-19)22(27)25-15-21(18-5-3-12-24-14-18)26-13-11-16-4-1-2-6-20(16)26/h1-10,12,14,21H,11,13,15H2,(H,25,27)/t21-/m0/s1. The molecule has 3 aromatic rings. The topological polar surface area (TPSA) is 45.2 Å². The van der Waals surface area contributed by atoms with Crippen LogP contribution in [-0.2, 0) is 6.42 Å². The zero-order valence-corrected chi connectivity index (χ0v) is 14.8. The zero-order chi connectivity index (χ0) is 18.6. The van der Waals surface area contributed by atoms with E-state index in [0.29, 0.717) is 12.1 Å². The molecule has 5 heteroatoms. The van der Waals surface area contributed by atoms with Gasteiger partial charge in [0.25, 0.3) is 5.91 Å². The molecular formula is C22H20FN3O. The molecule has 0 spiro atoms. The van der Waals surface area contributed by atoms with Crippen LogP contribution in [-0.4, -0.2) is 24.0 Å². The van der Waals surface area contributed by atoms with Crippen LogP contribution < -0.4 is 10.2 Å². The van der Waals surface area contributed by atoms with Crippen molar-refractivity contribution in [1.82, 2.24) is 10.3 Å². The molecule has 1 amide bonds. The molecular weight excluding hydrogens is 341 g/mol. The van der Waals surface area contributed by atoms with E-state index in [1.807, 2.05) is 24.4 Å². The highest BCUT2D eigenvalue weighted by atomic mass is 19.1. The Morgan fingerprint density at radius 3 is 2.70 bits per heavy atom. The van der Waals surface area contributed by atoms with Gasteiger partial charge >= 0.3 is 0 Å². The first kappa shape index (κ1) is 17.2. The Hall–Kier alpha value is -3.21. The molecule has 0 saturated carbocycles. The number of nitrogens with one attached hydrogen (secondary N) is 1. The summed E-state index contributed by atoms with van der Waals surface area (Å²) in [6.07, 6.45) is 4.57. The molecule has 2 aromatic carbocycles. The molecule has 0 bridgehead atoms. The van der Waals surface area contributed by atoms with E-state index in [1.165, 1.54) is 35.5 Å². The van der Waals surface area contributed by atoms with Gasteiger partial charge in [-0.25, -0.2) is 4.39 Å². The maximum atomic E-state index is 13.1. The molecule has 4 rings (SSSR count). The minimum atomic E-state index is -0.353. The molecule has 0 radical (unpaired) electrons. The number of hydrogen-bond acceptors (Lipinski definition) is 3. The van der Waals surface area contributed by atoms with E-state index in [-0.39, 0.29) is 17.8 Å². The second kappa shape index (κ2) is 7.58. The van der Waals surface area contributed by atoms with Crippen molar-refractivity contribution < 1.29 is 9.18 Å². The second-order valence-corrected chi connectivity index (χ2v) is 6.59. The van der Waals surface area contributed by atoms with Crippen molar-refractivity contribution in [2.45, 2.75) is 12.5 Å². The predicted octanol–water partition coefficient (Wildman–Crippen LogP) is 3.75. The Kier molecular flexibility index (Phi) is 4.83. The molecule has 136 valence electrons. The summed E-state index contributed by atoms with van der Waals surface area (Å²) in [6, 6.07) is 17.9. The van der Waals surface area contributed by atoms with E-state index in [4.69, 9.17) is 0 Å². The third-order valence-electron chi connectivity index (χ3n) is 4.93. The highest BCUT2D eigenvalue weighted by Crippen LogP contribution is 2.34. The van der Waals surface area contributed by atoms with Crippen LogP contribution in [0, 0.1) is 5.82 Å². The van der Waals surface area contributed by atoms with Crippen molar-refractivity contribution in [1.29, 1.82) is 0 Å². The quantitative estimate of drug-likeness (QED) is 0.753. The number of nitrogens with zero attached hydrogens (tertiary/aromatic N) is 2. The highest BCUT2D eigenvalue weighted by molar-refractivity contribution is 5.94. The Morgan fingerprint density at radius 1 is 1.11 bits per heavy atom. The predicted molar refractivity (Wildman–Crippen MR) is 103 cm³/mol. The third-order valence-corrected chi connectivity index (χ3v) is 4.93. The normalized spacial score (nSPS) is 13.9. The first-order chi connectivity index (χ1) is 13.2. The summed E-state index contributed by atoms with van der Waals surface area (Å²) < 4.78 is 13.1. The molecule has 0 unspecified atom stereocenters. The minimum absolute atomic E-state index is 0.0215. The van der Waals surface area contributed by atoms with E-state index in [1.54, 1.807) is 6.20 Å². The number of rotatable bonds is 5. The smallest absolute Gasteiger partial charge is 0.251 e. The van der Waals surface area contributed by atoms with Gasteiger partial charge in [-0.15, -0.1) is 0 Å². The van der Waals surface area contributed by atoms with Gasteiger partial charge < -0.3 is 10.2 Å².